The van der Waals surface area contributed by atoms with Crippen LogP contribution in [-0.2, 0) is 0 Å². The molecule has 2 aromatic heterocycles. The van der Waals surface area contributed by atoms with Gasteiger partial charge >= 0.3 is 8.05 Å². The first-order valence-electron chi connectivity index (χ1n) is 8.17. The van der Waals surface area contributed by atoms with Crippen molar-refractivity contribution in [1.82, 2.24) is 35.4 Å². The van der Waals surface area contributed by atoms with E-state index in [2.05, 4.69) is 35.9 Å². The van der Waals surface area contributed by atoms with Crippen LogP contribution < -0.4 is 15.7 Å². The minimum atomic E-state index is -0.370. The normalized spacial score (nSPS) is 14.8. The highest BCUT2D eigenvalue weighted by Crippen LogP contribution is 2.32. The van der Waals surface area contributed by atoms with E-state index in [1.807, 2.05) is 6.07 Å². The van der Waals surface area contributed by atoms with Crippen LogP contribution in [0.25, 0.3) is 22.6 Å². The van der Waals surface area contributed by atoms with Crippen molar-refractivity contribution in [1.29, 1.82) is 0 Å². The van der Waals surface area contributed by atoms with Crippen LogP contribution in [0.2, 0.25) is 0 Å². The molecule has 0 spiro atoms. The van der Waals surface area contributed by atoms with Gasteiger partial charge in [0.15, 0.2) is 0 Å². The molecule has 0 amide bonds. The van der Waals surface area contributed by atoms with Gasteiger partial charge in [-0.3, -0.25) is 0 Å². The fraction of sp³-hybridized carbons (Fsp3) is 0.333. The molecular weight excluding hydrogens is 333 g/mol. The number of tetrazole rings is 1. The molecular formula is C15H16BN9O. The minimum absolute atomic E-state index is 0.370. The monoisotopic (exact) mass is 349 g/mol. The number of nitrogens with one attached hydrogen (secondary N) is 1. The van der Waals surface area contributed by atoms with Gasteiger partial charge in [-0.15, -0.1) is 25.2 Å². The molecule has 0 saturated heterocycles. The summed E-state index contributed by atoms with van der Waals surface area (Å²) in [6.45, 7) is 1.76. The molecule has 1 aliphatic rings. The Morgan fingerprint density at radius 3 is 2.77 bits per heavy atom. The summed E-state index contributed by atoms with van der Waals surface area (Å²) in [5.74, 6) is 1.33. The molecule has 2 heterocycles. The summed E-state index contributed by atoms with van der Waals surface area (Å²) in [7, 11) is 5.43. The maximum absolute atomic E-state index is 5.73. The van der Waals surface area contributed by atoms with Crippen LogP contribution in [0.5, 0.6) is 5.75 Å². The second-order valence-electron chi connectivity index (χ2n) is 6.09. The third-order valence-corrected chi connectivity index (χ3v) is 3.91. The van der Waals surface area contributed by atoms with Gasteiger partial charge in [-0.25, -0.2) is 4.98 Å². The van der Waals surface area contributed by atoms with Crippen LogP contribution >= 0.6 is 0 Å². The molecule has 1 unspecified atom stereocenters. The average molecular weight is 349 g/mol. The lowest BCUT2D eigenvalue weighted by molar-refractivity contribution is 0.437. The maximum atomic E-state index is 5.73. The van der Waals surface area contributed by atoms with Crippen molar-refractivity contribution >= 4 is 14.0 Å². The van der Waals surface area contributed by atoms with E-state index in [9.17, 15) is 0 Å². The van der Waals surface area contributed by atoms with Gasteiger partial charge in [-0.1, -0.05) is 6.07 Å². The van der Waals surface area contributed by atoms with Crippen LogP contribution in [0.1, 0.15) is 25.9 Å². The van der Waals surface area contributed by atoms with Crippen molar-refractivity contribution in [2.24, 2.45) is 5.73 Å². The Bertz CT molecular complexity index is 908. The lowest BCUT2D eigenvalue weighted by atomic mass is 10.1. The Labute approximate surface area is 150 Å². The Hall–Kier alpha value is -3.08. The number of aromatic nitrogens is 7. The number of hydrogen-bond acceptors (Lipinski definition) is 9. The minimum Gasteiger partial charge on any atom is -0.567 e. The molecule has 1 saturated carbocycles. The van der Waals surface area contributed by atoms with Crippen LogP contribution in [0.15, 0.2) is 24.4 Å². The van der Waals surface area contributed by atoms with Crippen molar-refractivity contribution in [2.45, 2.75) is 32.0 Å². The lowest BCUT2D eigenvalue weighted by Crippen LogP contribution is -2.17. The summed E-state index contributed by atoms with van der Waals surface area (Å²) in [5, 5.41) is 23.6. The van der Waals surface area contributed by atoms with Gasteiger partial charge in [-0.05, 0) is 37.1 Å². The largest absolute Gasteiger partial charge is 0.567 e. The first-order valence-corrected chi connectivity index (χ1v) is 8.17. The van der Waals surface area contributed by atoms with Crippen molar-refractivity contribution in [3.63, 3.8) is 0 Å². The van der Waals surface area contributed by atoms with E-state index in [-0.39, 0.29) is 6.17 Å². The fourth-order valence-electron chi connectivity index (χ4n) is 2.36. The van der Waals surface area contributed by atoms with Crippen LogP contribution in [0.4, 0.5) is 5.95 Å². The molecule has 1 aromatic carbocycles. The van der Waals surface area contributed by atoms with E-state index >= 15 is 0 Å². The van der Waals surface area contributed by atoms with E-state index < -0.39 is 0 Å². The zero-order valence-corrected chi connectivity index (χ0v) is 14.1. The van der Waals surface area contributed by atoms with Crippen molar-refractivity contribution in [3.05, 3.63) is 24.4 Å². The van der Waals surface area contributed by atoms with E-state index in [0.717, 1.165) is 12.8 Å². The molecule has 0 aliphatic heterocycles. The Morgan fingerprint density at radius 2 is 2.15 bits per heavy atom. The highest BCUT2D eigenvalue weighted by Gasteiger charge is 2.22. The molecule has 10 nitrogen and oxygen atoms in total. The number of hydrogen-bond donors (Lipinski definition) is 2. The van der Waals surface area contributed by atoms with Gasteiger partial charge in [0, 0.05) is 17.2 Å². The number of nitrogens with two attached hydrogens (primary N) is 1. The molecule has 3 N–H and O–H groups in total. The van der Waals surface area contributed by atoms with Gasteiger partial charge in [0.1, 0.15) is 17.6 Å². The summed E-state index contributed by atoms with van der Waals surface area (Å²) in [4.78, 5) is 5.61. The zero-order chi connectivity index (χ0) is 18.1. The summed E-state index contributed by atoms with van der Waals surface area (Å²) < 4.78 is 5.00. The lowest BCUT2D eigenvalue weighted by Gasteiger charge is -2.09. The molecule has 1 atom stereocenters. The Balaban J connectivity index is 1.62. The maximum Gasteiger partial charge on any atom is 0.374 e. The smallest absolute Gasteiger partial charge is 0.374 e. The van der Waals surface area contributed by atoms with E-state index in [1.165, 1.54) is 4.80 Å². The molecule has 4 rings (SSSR count). The molecule has 11 heteroatoms. The number of nitrogens with zero attached hydrogens (tertiary/aromatic N) is 7. The van der Waals surface area contributed by atoms with Crippen molar-refractivity contribution < 1.29 is 4.65 Å². The van der Waals surface area contributed by atoms with Gasteiger partial charge in [-0.2, -0.15) is 0 Å². The van der Waals surface area contributed by atoms with Crippen LogP contribution in [-0.4, -0.2) is 49.5 Å². The quantitative estimate of drug-likeness (QED) is 0.618. The summed E-state index contributed by atoms with van der Waals surface area (Å²) in [6.07, 6.45) is 3.53. The molecule has 1 fully saturated rings. The van der Waals surface area contributed by atoms with Gasteiger partial charge in [0.2, 0.25) is 11.8 Å². The SMILES string of the molecule is [B]Oc1cc(-c2nnn(C(C)N)n2)ccc1-c1cnc(NC2CC2)nn1. The topological polar surface area (TPSA) is 130 Å². The van der Waals surface area contributed by atoms with E-state index in [1.54, 1.807) is 25.3 Å². The molecule has 2 radical (unpaired) electrons. The number of anilines is 1. The van der Waals surface area contributed by atoms with Crippen molar-refractivity contribution in [2.75, 3.05) is 5.32 Å². The fourth-order valence-corrected chi connectivity index (χ4v) is 2.36. The summed E-state index contributed by atoms with van der Waals surface area (Å²) >= 11 is 0. The second-order valence-corrected chi connectivity index (χ2v) is 6.09. The molecule has 130 valence electrons. The Morgan fingerprint density at radius 1 is 1.31 bits per heavy atom. The zero-order valence-electron chi connectivity index (χ0n) is 14.1. The third-order valence-electron chi connectivity index (χ3n) is 3.91. The number of rotatable bonds is 6. The van der Waals surface area contributed by atoms with Gasteiger partial charge < -0.3 is 15.7 Å². The van der Waals surface area contributed by atoms with Crippen molar-refractivity contribution in [3.8, 4) is 28.4 Å². The molecule has 3 aromatic rings. The van der Waals surface area contributed by atoms with Crippen LogP contribution in [0.3, 0.4) is 0 Å². The first kappa shape index (κ1) is 16.4. The third kappa shape index (κ3) is 3.33. The molecule has 0 bridgehead atoms. The Kier molecular flexibility index (Phi) is 4.21. The van der Waals surface area contributed by atoms with E-state index in [0.29, 0.717) is 40.4 Å². The highest BCUT2D eigenvalue weighted by atomic mass is 16.4. The van der Waals surface area contributed by atoms with Gasteiger partial charge in [0.25, 0.3) is 0 Å². The number of benzene rings is 1. The van der Waals surface area contributed by atoms with Gasteiger partial charge in [0.05, 0.1) is 6.20 Å². The van der Waals surface area contributed by atoms with Crippen LogP contribution in [0, 0.1) is 0 Å². The standard InChI is InChI=1S/C15H16BN9O/c1-8(17)25-23-14(21-24-25)9-2-5-11(13(6-9)26-16)12-7-18-15(22-20-12)19-10-3-4-10/h2,5-8,10H,3-4,17H2,1H3,(H,18,19,22). The molecule has 26 heavy (non-hydrogen) atoms. The van der Waals surface area contributed by atoms with E-state index in [4.69, 9.17) is 18.4 Å². The average Bonchev–Trinajstić information content (AvgIpc) is 3.33. The first-order chi connectivity index (χ1) is 12.6. The summed E-state index contributed by atoms with van der Waals surface area (Å²) in [5.41, 5.74) is 7.63. The molecule has 1 aliphatic carbocycles. The predicted octanol–water partition coefficient (Wildman–Crippen LogP) is 0.706. The highest BCUT2D eigenvalue weighted by molar-refractivity contribution is 6.00. The predicted molar refractivity (Wildman–Crippen MR) is 94.0 cm³/mol. The second kappa shape index (κ2) is 6.67. The summed E-state index contributed by atoms with van der Waals surface area (Å²) in [6, 6.07) is 5.78.